The van der Waals surface area contributed by atoms with Gasteiger partial charge >= 0.3 is 0 Å². The average Bonchev–Trinajstić information content (AvgIpc) is 3.05. The van der Waals surface area contributed by atoms with Crippen LogP contribution in [0.2, 0.25) is 10.0 Å². The summed E-state index contributed by atoms with van der Waals surface area (Å²) in [5.74, 6) is -0.294. The van der Waals surface area contributed by atoms with Crippen LogP contribution in [-0.2, 0) is 4.79 Å². The number of anilines is 2. The number of nitrogens with one attached hydrogen (secondary N) is 2. The van der Waals surface area contributed by atoms with Crippen LogP contribution in [0.4, 0.5) is 11.5 Å². The Hall–Kier alpha value is -2.16. The van der Waals surface area contributed by atoms with Gasteiger partial charge in [0.25, 0.3) is 5.91 Å². The minimum absolute atomic E-state index is 0.0682. The number of hydrogen-bond acceptors (Lipinski definition) is 5. The molecule has 1 aromatic heterocycles. The van der Waals surface area contributed by atoms with E-state index in [1.54, 1.807) is 31.3 Å². The summed E-state index contributed by atoms with van der Waals surface area (Å²) >= 11 is 15.8. The largest absolute Gasteiger partial charge is 0.350 e. The molecular weight excluding hydrogens is 493 g/mol. The average molecular weight is 513 g/mol. The second-order valence-corrected chi connectivity index (χ2v) is 8.87. The molecule has 2 amide bonds. The fourth-order valence-electron chi connectivity index (χ4n) is 3.05. The molecule has 3 rings (SSSR count). The first-order chi connectivity index (χ1) is 14.2. The van der Waals surface area contributed by atoms with Crippen molar-refractivity contribution in [2.45, 2.75) is 39.3 Å². The molecule has 0 aliphatic carbocycles. The van der Waals surface area contributed by atoms with Crippen LogP contribution >= 0.6 is 39.1 Å². The summed E-state index contributed by atoms with van der Waals surface area (Å²) in [7, 11) is 0. The van der Waals surface area contributed by atoms with Gasteiger partial charge in [0, 0.05) is 23.7 Å². The number of aryl methyl sites for hydroxylation is 1. The minimum atomic E-state index is -0.692. The van der Waals surface area contributed by atoms with Gasteiger partial charge in [-0.25, -0.2) is 9.99 Å². The summed E-state index contributed by atoms with van der Waals surface area (Å²) in [5.41, 5.74) is 1.37. The number of carbonyl (C=O) groups is 2. The summed E-state index contributed by atoms with van der Waals surface area (Å²) < 4.78 is 0.593. The Morgan fingerprint density at radius 3 is 2.70 bits per heavy atom. The first-order valence-electron chi connectivity index (χ1n) is 9.22. The van der Waals surface area contributed by atoms with Crippen LogP contribution in [0.5, 0.6) is 0 Å². The Balaban J connectivity index is 1.92. The smallest absolute Gasteiger partial charge is 0.253 e. The fraction of sp³-hybridized carbons (Fsp3) is 0.300. The molecule has 0 saturated carbocycles. The zero-order valence-corrected chi connectivity index (χ0v) is 19.6. The second-order valence-electron chi connectivity index (χ2n) is 7.11. The number of benzene rings is 1. The van der Waals surface area contributed by atoms with Crippen LogP contribution in [0.3, 0.4) is 0 Å². The van der Waals surface area contributed by atoms with Gasteiger partial charge in [-0.05, 0) is 66.5 Å². The van der Waals surface area contributed by atoms with Gasteiger partial charge in [-0.3, -0.25) is 9.59 Å². The third-order valence-corrected chi connectivity index (χ3v) is 5.34. The number of amides is 2. The fourth-order valence-corrected chi connectivity index (χ4v) is 4.01. The van der Waals surface area contributed by atoms with Crippen molar-refractivity contribution >= 4 is 67.1 Å². The van der Waals surface area contributed by atoms with E-state index in [1.165, 1.54) is 11.1 Å². The molecule has 0 fully saturated rings. The maximum atomic E-state index is 13.2. The maximum Gasteiger partial charge on any atom is 0.253 e. The molecule has 7 nitrogen and oxygen atoms in total. The van der Waals surface area contributed by atoms with Crippen LogP contribution in [0, 0.1) is 6.92 Å². The van der Waals surface area contributed by atoms with E-state index >= 15 is 0 Å². The van der Waals surface area contributed by atoms with Crippen LogP contribution in [0.25, 0.3) is 0 Å². The molecule has 158 valence electrons. The van der Waals surface area contributed by atoms with Crippen molar-refractivity contribution in [3.63, 3.8) is 0 Å². The highest BCUT2D eigenvalue weighted by Gasteiger charge is 2.35. The number of aromatic nitrogens is 1. The maximum absolute atomic E-state index is 13.2. The molecule has 2 N–H and O–H groups in total. The third kappa shape index (κ3) is 4.94. The van der Waals surface area contributed by atoms with E-state index in [1.807, 2.05) is 13.8 Å². The van der Waals surface area contributed by atoms with E-state index in [9.17, 15) is 9.59 Å². The predicted molar refractivity (Wildman–Crippen MR) is 124 cm³/mol. The van der Waals surface area contributed by atoms with Gasteiger partial charge in [0.05, 0.1) is 16.3 Å². The number of hydrogen-bond donors (Lipinski definition) is 2. The molecule has 2 aromatic rings. The number of carbonyl (C=O) groups excluding carboxylic acids is 2. The predicted octanol–water partition coefficient (Wildman–Crippen LogP) is 4.76. The highest BCUT2D eigenvalue weighted by atomic mass is 79.9. The van der Waals surface area contributed by atoms with Crippen LogP contribution in [0.1, 0.15) is 36.2 Å². The molecule has 0 radical (unpaired) electrons. The van der Waals surface area contributed by atoms with Gasteiger partial charge in [-0.2, -0.15) is 5.10 Å². The van der Waals surface area contributed by atoms with E-state index in [0.717, 1.165) is 0 Å². The normalized spacial score (nSPS) is 15.9. The van der Waals surface area contributed by atoms with E-state index in [2.05, 4.69) is 36.6 Å². The van der Waals surface area contributed by atoms with Crippen LogP contribution in [0.15, 0.2) is 35.6 Å². The third-order valence-electron chi connectivity index (χ3n) is 4.34. The van der Waals surface area contributed by atoms with E-state index in [0.29, 0.717) is 43.7 Å². The molecule has 10 heteroatoms. The quantitative estimate of drug-likeness (QED) is 0.604. The summed E-state index contributed by atoms with van der Waals surface area (Å²) in [6.45, 7) is 5.49. The van der Waals surface area contributed by atoms with Crippen molar-refractivity contribution < 1.29 is 9.59 Å². The molecular formula is C20H20BrCl2N5O2. The molecule has 1 atom stereocenters. The van der Waals surface area contributed by atoms with Crippen LogP contribution in [-0.4, -0.2) is 33.5 Å². The summed E-state index contributed by atoms with van der Waals surface area (Å²) in [5, 5.41) is 12.3. The molecule has 1 aliphatic rings. The topological polar surface area (TPSA) is 86.7 Å². The Morgan fingerprint density at radius 1 is 1.30 bits per heavy atom. The Kier molecular flexibility index (Phi) is 7.00. The summed E-state index contributed by atoms with van der Waals surface area (Å²) in [4.78, 5) is 30.1. The molecule has 30 heavy (non-hydrogen) atoms. The van der Waals surface area contributed by atoms with Gasteiger partial charge < -0.3 is 10.6 Å². The number of rotatable bonds is 5. The Labute approximate surface area is 193 Å². The zero-order valence-electron chi connectivity index (χ0n) is 16.5. The lowest BCUT2D eigenvalue weighted by atomic mass is 10.1. The van der Waals surface area contributed by atoms with Crippen molar-refractivity contribution in [3.8, 4) is 0 Å². The van der Waals surface area contributed by atoms with Crippen molar-refractivity contribution in [1.82, 2.24) is 10.3 Å². The van der Waals surface area contributed by atoms with E-state index < -0.39 is 6.04 Å². The summed E-state index contributed by atoms with van der Waals surface area (Å²) in [6.07, 6.45) is 1.91. The van der Waals surface area contributed by atoms with Gasteiger partial charge in [-0.1, -0.05) is 23.2 Å². The molecule has 0 bridgehead atoms. The molecule has 1 unspecified atom stereocenters. The molecule has 0 saturated heterocycles. The van der Waals surface area contributed by atoms with Crippen molar-refractivity contribution in [1.29, 1.82) is 0 Å². The lowest BCUT2D eigenvalue weighted by Gasteiger charge is -2.23. The lowest BCUT2D eigenvalue weighted by molar-refractivity contribution is -0.117. The number of nitrogens with zero attached hydrogens (tertiary/aromatic N) is 3. The van der Waals surface area contributed by atoms with Crippen LogP contribution < -0.4 is 15.6 Å². The highest BCUT2D eigenvalue weighted by molar-refractivity contribution is 9.18. The SMILES string of the molecule is Cc1cc(Cl)cc(C(=O)NC(C)C)c1NC(=O)C1CC(Br)=NN1c1ncccc1Cl. The van der Waals surface area contributed by atoms with Crippen molar-refractivity contribution in [2.24, 2.45) is 5.10 Å². The van der Waals surface area contributed by atoms with Gasteiger partial charge in [0.15, 0.2) is 5.82 Å². The van der Waals surface area contributed by atoms with Crippen molar-refractivity contribution in [2.75, 3.05) is 10.3 Å². The zero-order chi connectivity index (χ0) is 22.0. The number of hydrazone groups is 1. The standard InChI is InChI=1S/C20H20BrCl2N5O2/c1-10(2)25-19(29)13-8-12(22)7-11(3)17(13)26-20(30)15-9-16(21)27-28(15)18-14(23)5-4-6-24-18/h4-8,10,15H,9H2,1-3H3,(H,25,29)(H,26,30). The van der Waals surface area contributed by atoms with E-state index in [4.69, 9.17) is 23.2 Å². The van der Waals surface area contributed by atoms with Gasteiger partial charge in [-0.15, -0.1) is 0 Å². The molecule has 1 aliphatic heterocycles. The number of halogens is 3. The highest BCUT2D eigenvalue weighted by Crippen LogP contribution is 2.32. The number of pyridine rings is 1. The van der Waals surface area contributed by atoms with Gasteiger partial charge in [0.1, 0.15) is 10.7 Å². The molecule has 2 heterocycles. The van der Waals surface area contributed by atoms with Gasteiger partial charge in [0.2, 0.25) is 5.91 Å². The lowest BCUT2D eigenvalue weighted by Crippen LogP contribution is -2.40. The Morgan fingerprint density at radius 2 is 2.03 bits per heavy atom. The second kappa shape index (κ2) is 9.32. The first-order valence-corrected chi connectivity index (χ1v) is 10.8. The first kappa shape index (κ1) is 22.5. The minimum Gasteiger partial charge on any atom is -0.350 e. The molecule has 1 aromatic carbocycles. The van der Waals surface area contributed by atoms with E-state index in [-0.39, 0.29) is 17.9 Å². The molecule has 0 spiro atoms. The summed E-state index contributed by atoms with van der Waals surface area (Å²) in [6, 6.07) is 5.85. The Bertz CT molecular complexity index is 1030. The van der Waals surface area contributed by atoms with Crippen molar-refractivity contribution in [3.05, 3.63) is 51.6 Å². The monoisotopic (exact) mass is 511 g/mol.